The van der Waals surface area contributed by atoms with Gasteiger partial charge in [-0.2, -0.15) is 0 Å². The van der Waals surface area contributed by atoms with Crippen LogP contribution in [-0.2, 0) is 6.42 Å². The zero-order valence-electron chi connectivity index (χ0n) is 10.6. The molecule has 0 aliphatic carbocycles. The first kappa shape index (κ1) is 13.1. The molecule has 1 saturated heterocycles. The Morgan fingerprint density at radius 1 is 1.29 bits per heavy atom. The Bertz CT molecular complexity index is 350. The fraction of sp³-hybridized carbons (Fsp3) is 0.600. The van der Waals surface area contributed by atoms with Crippen LogP contribution >= 0.6 is 15.9 Å². The molecule has 1 aliphatic rings. The van der Waals surface area contributed by atoms with E-state index in [2.05, 4.69) is 52.4 Å². The van der Waals surface area contributed by atoms with Crippen molar-refractivity contribution in [1.82, 2.24) is 5.32 Å². The molecule has 1 N–H and O–H groups in total. The van der Waals surface area contributed by atoms with Crippen molar-refractivity contribution in [3.05, 3.63) is 34.3 Å². The maximum absolute atomic E-state index is 3.79. The van der Waals surface area contributed by atoms with Crippen molar-refractivity contribution >= 4 is 15.9 Å². The minimum absolute atomic E-state index is 0.344. The van der Waals surface area contributed by atoms with Crippen molar-refractivity contribution in [2.45, 2.75) is 51.0 Å². The van der Waals surface area contributed by atoms with E-state index in [9.17, 15) is 0 Å². The molecule has 17 heavy (non-hydrogen) atoms. The van der Waals surface area contributed by atoms with Gasteiger partial charge in [-0.05, 0) is 43.9 Å². The first-order valence-corrected chi connectivity index (χ1v) is 7.53. The molecule has 1 aromatic rings. The Balaban J connectivity index is 2.14. The molecule has 0 bridgehead atoms. The van der Waals surface area contributed by atoms with Gasteiger partial charge in [-0.1, -0.05) is 53.9 Å². The highest BCUT2D eigenvalue weighted by Gasteiger charge is 2.31. The Hall–Kier alpha value is -0.340. The normalized spacial score (nSPS) is 24.8. The fourth-order valence-corrected chi connectivity index (χ4v) is 3.39. The monoisotopic (exact) mass is 295 g/mol. The molecule has 1 unspecified atom stereocenters. The average molecular weight is 296 g/mol. The number of rotatable bonds is 4. The number of halogens is 1. The highest BCUT2D eigenvalue weighted by atomic mass is 79.9. The predicted molar refractivity (Wildman–Crippen MR) is 77.3 cm³/mol. The summed E-state index contributed by atoms with van der Waals surface area (Å²) in [6.45, 7) is 3.47. The molecule has 0 amide bonds. The summed E-state index contributed by atoms with van der Waals surface area (Å²) in [6.07, 6.45) is 7.73. The van der Waals surface area contributed by atoms with Crippen molar-refractivity contribution < 1.29 is 0 Å². The van der Waals surface area contributed by atoms with E-state index in [0.717, 1.165) is 6.42 Å². The van der Waals surface area contributed by atoms with Gasteiger partial charge in [-0.15, -0.1) is 0 Å². The van der Waals surface area contributed by atoms with E-state index in [4.69, 9.17) is 0 Å². The smallest absolute Gasteiger partial charge is 0.0222 e. The number of piperidine rings is 1. The Kier molecular flexibility index (Phi) is 4.63. The number of hydrogen-bond acceptors (Lipinski definition) is 1. The van der Waals surface area contributed by atoms with Gasteiger partial charge in [0.1, 0.15) is 0 Å². The van der Waals surface area contributed by atoms with Gasteiger partial charge in [0.05, 0.1) is 0 Å². The molecular weight excluding hydrogens is 274 g/mol. The minimum Gasteiger partial charge on any atom is -0.311 e. The summed E-state index contributed by atoms with van der Waals surface area (Å²) >= 11 is 3.67. The number of nitrogens with one attached hydrogen (secondary N) is 1. The van der Waals surface area contributed by atoms with E-state index in [-0.39, 0.29) is 0 Å². The second-order valence-electron chi connectivity index (χ2n) is 5.18. The molecule has 1 nitrogen and oxygen atoms in total. The molecule has 1 fully saturated rings. The van der Waals surface area contributed by atoms with E-state index in [0.29, 0.717) is 5.54 Å². The van der Waals surface area contributed by atoms with Gasteiger partial charge >= 0.3 is 0 Å². The summed E-state index contributed by atoms with van der Waals surface area (Å²) in [4.78, 5) is 0. The zero-order valence-corrected chi connectivity index (χ0v) is 12.2. The highest BCUT2D eigenvalue weighted by Crippen LogP contribution is 2.30. The van der Waals surface area contributed by atoms with Gasteiger partial charge < -0.3 is 5.32 Å². The van der Waals surface area contributed by atoms with E-state index in [1.165, 1.54) is 48.7 Å². The van der Waals surface area contributed by atoms with E-state index >= 15 is 0 Å². The van der Waals surface area contributed by atoms with Crippen molar-refractivity contribution in [1.29, 1.82) is 0 Å². The van der Waals surface area contributed by atoms with Gasteiger partial charge in [-0.3, -0.25) is 0 Å². The van der Waals surface area contributed by atoms with Crippen LogP contribution < -0.4 is 5.32 Å². The SMILES string of the molecule is CCCC1(Cc2ccccc2Br)CCCCN1. The molecule has 0 aromatic heterocycles. The summed E-state index contributed by atoms with van der Waals surface area (Å²) in [7, 11) is 0. The zero-order chi connectivity index (χ0) is 12.1. The topological polar surface area (TPSA) is 12.0 Å². The van der Waals surface area contributed by atoms with Crippen LogP contribution in [0.15, 0.2) is 28.7 Å². The van der Waals surface area contributed by atoms with Gasteiger partial charge in [0.2, 0.25) is 0 Å². The lowest BCUT2D eigenvalue weighted by Gasteiger charge is -2.39. The lowest BCUT2D eigenvalue weighted by atomic mass is 9.80. The van der Waals surface area contributed by atoms with Gasteiger partial charge in [0.25, 0.3) is 0 Å². The second-order valence-corrected chi connectivity index (χ2v) is 6.04. The number of benzene rings is 1. The molecule has 2 heteroatoms. The molecule has 1 heterocycles. The van der Waals surface area contributed by atoms with E-state index < -0.39 is 0 Å². The van der Waals surface area contributed by atoms with Gasteiger partial charge in [0.15, 0.2) is 0 Å². The molecule has 94 valence electrons. The summed E-state index contributed by atoms with van der Waals surface area (Å²) in [5, 5.41) is 3.79. The lowest BCUT2D eigenvalue weighted by Crippen LogP contribution is -2.50. The van der Waals surface area contributed by atoms with Crippen molar-refractivity contribution in [2.75, 3.05) is 6.54 Å². The first-order valence-electron chi connectivity index (χ1n) is 6.74. The summed E-state index contributed by atoms with van der Waals surface area (Å²) < 4.78 is 1.25. The predicted octanol–water partition coefficient (Wildman–Crippen LogP) is 4.30. The van der Waals surface area contributed by atoms with Gasteiger partial charge in [0, 0.05) is 10.0 Å². The standard InChI is InChI=1S/C15H22BrN/c1-2-9-15(10-5-6-11-17-15)12-13-7-3-4-8-14(13)16/h3-4,7-8,17H,2,5-6,9-12H2,1H3. The summed E-state index contributed by atoms with van der Waals surface area (Å²) in [6, 6.07) is 8.63. The molecular formula is C15H22BrN. The maximum atomic E-state index is 3.79. The van der Waals surface area contributed by atoms with Crippen molar-refractivity contribution in [3.63, 3.8) is 0 Å². The summed E-state index contributed by atoms with van der Waals surface area (Å²) in [5.74, 6) is 0. The Labute approximate surface area is 113 Å². The van der Waals surface area contributed by atoms with Crippen LogP contribution in [0.1, 0.15) is 44.6 Å². The van der Waals surface area contributed by atoms with Crippen LogP contribution in [0.25, 0.3) is 0 Å². The summed E-state index contributed by atoms with van der Waals surface area (Å²) in [5.41, 5.74) is 1.78. The minimum atomic E-state index is 0.344. The van der Waals surface area contributed by atoms with Crippen LogP contribution in [0.2, 0.25) is 0 Å². The molecule has 1 aliphatic heterocycles. The van der Waals surface area contributed by atoms with Crippen LogP contribution in [0.4, 0.5) is 0 Å². The lowest BCUT2D eigenvalue weighted by molar-refractivity contribution is 0.232. The average Bonchev–Trinajstić information content (AvgIpc) is 2.34. The number of hydrogen-bond donors (Lipinski definition) is 1. The molecule has 0 spiro atoms. The Morgan fingerprint density at radius 3 is 2.76 bits per heavy atom. The maximum Gasteiger partial charge on any atom is 0.0222 e. The van der Waals surface area contributed by atoms with Crippen LogP contribution in [-0.4, -0.2) is 12.1 Å². The van der Waals surface area contributed by atoms with Crippen LogP contribution in [0.3, 0.4) is 0 Å². The quantitative estimate of drug-likeness (QED) is 0.873. The molecule has 1 atom stereocenters. The second kappa shape index (κ2) is 6.01. The molecule has 0 saturated carbocycles. The largest absolute Gasteiger partial charge is 0.311 e. The highest BCUT2D eigenvalue weighted by molar-refractivity contribution is 9.10. The first-order chi connectivity index (χ1) is 8.26. The van der Waals surface area contributed by atoms with Gasteiger partial charge in [-0.25, -0.2) is 0 Å². The van der Waals surface area contributed by atoms with Crippen molar-refractivity contribution in [3.8, 4) is 0 Å². The third kappa shape index (κ3) is 3.32. The molecule has 0 radical (unpaired) electrons. The van der Waals surface area contributed by atoms with E-state index in [1.54, 1.807) is 0 Å². The van der Waals surface area contributed by atoms with Crippen LogP contribution in [0, 0.1) is 0 Å². The fourth-order valence-electron chi connectivity index (χ4n) is 2.97. The third-order valence-electron chi connectivity index (χ3n) is 3.80. The Morgan fingerprint density at radius 2 is 2.12 bits per heavy atom. The third-order valence-corrected chi connectivity index (χ3v) is 4.57. The van der Waals surface area contributed by atoms with Crippen molar-refractivity contribution in [2.24, 2.45) is 0 Å². The molecule has 2 rings (SSSR count). The van der Waals surface area contributed by atoms with Crippen LogP contribution in [0.5, 0.6) is 0 Å². The molecule has 1 aromatic carbocycles. The van der Waals surface area contributed by atoms with E-state index in [1.807, 2.05) is 0 Å².